The van der Waals surface area contributed by atoms with Crippen LogP contribution in [0.1, 0.15) is 60.7 Å². The number of hydrogen-bond acceptors (Lipinski definition) is 4. The lowest BCUT2D eigenvalue weighted by Gasteiger charge is -2.08. The SMILES string of the molecule is CCCCn1nc(CCC)nc1Cc1ccc(-c2ccncc2C(=O)O)cc1. The van der Waals surface area contributed by atoms with Crippen LogP contribution in [0.4, 0.5) is 0 Å². The summed E-state index contributed by atoms with van der Waals surface area (Å²) in [5, 5.41) is 14.0. The van der Waals surface area contributed by atoms with Crippen LogP contribution >= 0.6 is 0 Å². The van der Waals surface area contributed by atoms with Crippen LogP contribution in [-0.4, -0.2) is 30.8 Å². The summed E-state index contributed by atoms with van der Waals surface area (Å²) < 4.78 is 2.04. The minimum atomic E-state index is -0.973. The number of aryl methyl sites for hydroxylation is 2. The van der Waals surface area contributed by atoms with E-state index in [4.69, 9.17) is 4.98 Å². The maximum Gasteiger partial charge on any atom is 0.337 e. The fourth-order valence-electron chi connectivity index (χ4n) is 3.17. The number of unbranched alkanes of at least 4 members (excludes halogenated alkanes) is 1. The van der Waals surface area contributed by atoms with Gasteiger partial charge in [0.15, 0.2) is 5.82 Å². The normalized spacial score (nSPS) is 10.9. The molecule has 1 N–H and O–H groups in total. The Morgan fingerprint density at radius 1 is 1.11 bits per heavy atom. The van der Waals surface area contributed by atoms with Crippen LogP contribution in [0.2, 0.25) is 0 Å². The van der Waals surface area contributed by atoms with Gasteiger partial charge < -0.3 is 5.11 Å². The number of pyridine rings is 1. The lowest BCUT2D eigenvalue weighted by molar-refractivity contribution is 0.0697. The molecule has 0 fully saturated rings. The molecule has 1 aromatic carbocycles. The van der Waals surface area contributed by atoms with E-state index in [1.165, 1.54) is 6.20 Å². The number of nitrogens with zero attached hydrogens (tertiary/aromatic N) is 4. The Bertz CT molecular complexity index is 932. The quantitative estimate of drug-likeness (QED) is 0.597. The molecular formula is C22H26N4O2. The Labute approximate surface area is 165 Å². The Balaban J connectivity index is 1.82. The van der Waals surface area contributed by atoms with Crippen LogP contribution in [0.5, 0.6) is 0 Å². The number of rotatable bonds is 9. The van der Waals surface area contributed by atoms with E-state index in [1.807, 2.05) is 28.9 Å². The summed E-state index contributed by atoms with van der Waals surface area (Å²) in [5.41, 5.74) is 2.87. The molecule has 6 nitrogen and oxygen atoms in total. The molecule has 0 saturated heterocycles. The van der Waals surface area contributed by atoms with Gasteiger partial charge in [0.2, 0.25) is 0 Å². The predicted octanol–water partition coefficient (Wildman–Crippen LogP) is 4.38. The molecule has 0 bridgehead atoms. The first-order chi connectivity index (χ1) is 13.6. The second-order valence-electron chi connectivity index (χ2n) is 6.87. The third-order valence-electron chi connectivity index (χ3n) is 4.67. The van der Waals surface area contributed by atoms with E-state index < -0.39 is 5.97 Å². The van der Waals surface area contributed by atoms with E-state index in [1.54, 1.807) is 12.3 Å². The van der Waals surface area contributed by atoms with Gasteiger partial charge in [0.05, 0.1) is 5.56 Å². The standard InChI is InChI=1S/C22H26N4O2/c1-3-5-13-26-21(24-20(25-26)6-4-2)14-16-7-9-17(10-8-16)18-11-12-23-15-19(18)22(27)28/h7-12,15H,3-6,13-14H2,1-2H3,(H,27,28). The maximum absolute atomic E-state index is 11.4. The van der Waals surface area contributed by atoms with E-state index in [0.29, 0.717) is 12.0 Å². The van der Waals surface area contributed by atoms with E-state index in [-0.39, 0.29) is 5.56 Å². The van der Waals surface area contributed by atoms with Crippen molar-refractivity contribution in [3.63, 3.8) is 0 Å². The summed E-state index contributed by atoms with van der Waals surface area (Å²) in [6.45, 7) is 5.20. The molecule has 0 unspecified atom stereocenters. The van der Waals surface area contributed by atoms with E-state index >= 15 is 0 Å². The summed E-state index contributed by atoms with van der Waals surface area (Å²) in [6.07, 6.45) is 7.84. The molecule has 2 heterocycles. The van der Waals surface area contributed by atoms with Gasteiger partial charge in [-0.25, -0.2) is 14.5 Å². The van der Waals surface area contributed by atoms with Crippen LogP contribution in [-0.2, 0) is 19.4 Å². The van der Waals surface area contributed by atoms with Gasteiger partial charge in [-0.2, -0.15) is 5.10 Å². The number of hydrogen-bond donors (Lipinski definition) is 1. The Morgan fingerprint density at radius 2 is 1.89 bits per heavy atom. The van der Waals surface area contributed by atoms with Crippen molar-refractivity contribution in [1.82, 2.24) is 19.7 Å². The number of carboxylic acids is 1. The van der Waals surface area contributed by atoms with Crippen LogP contribution in [0, 0.1) is 0 Å². The number of aromatic nitrogens is 4. The van der Waals surface area contributed by atoms with Gasteiger partial charge in [-0.3, -0.25) is 4.98 Å². The van der Waals surface area contributed by atoms with Gasteiger partial charge in [-0.05, 0) is 35.6 Å². The molecule has 3 aromatic rings. The molecule has 3 rings (SSSR count). The number of carbonyl (C=O) groups is 1. The van der Waals surface area contributed by atoms with Crippen molar-refractivity contribution in [3.8, 4) is 11.1 Å². The Kier molecular flexibility index (Phi) is 6.53. The summed E-state index contributed by atoms with van der Waals surface area (Å²) in [6, 6.07) is 9.70. The van der Waals surface area contributed by atoms with Gasteiger partial charge in [-0.15, -0.1) is 0 Å². The minimum absolute atomic E-state index is 0.207. The summed E-state index contributed by atoms with van der Waals surface area (Å²) >= 11 is 0. The molecule has 146 valence electrons. The van der Waals surface area contributed by atoms with Crippen molar-refractivity contribution in [3.05, 3.63) is 65.5 Å². The van der Waals surface area contributed by atoms with Gasteiger partial charge in [0.25, 0.3) is 0 Å². The topological polar surface area (TPSA) is 80.9 Å². The highest BCUT2D eigenvalue weighted by molar-refractivity contribution is 5.95. The monoisotopic (exact) mass is 378 g/mol. The van der Waals surface area contributed by atoms with E-state index in [0.717, 1.165) is 55.0 Å². The molecule has 6 heteroatoms. The van der Waals surface area contributed by atoms with Gasteiger partial charge in [-0.1, -0.05) is 44.5 Å². The van der Waals surface area contributed by atoms with Gasteiger partial charge in [0, 0.05) is 31.8 Å². The van der Waals surface area contributed by atoms with Crippen molar-refractivity contribution in [2.24, 2.45) is 0 Å². The second-order valence-corrected chi connectivity index (χ2v) is 6.87. The van der Waals surface area contributed by atoms with E-state index in [9.17, 15) is 9.90 Å². The van der Waals surface area contributed by atoms with Crippen molar-refractivity contribution in [2.45, 2.75) is 52.5 Å². The lowest BCUT2D eigenvalue weighted by atomic mass is 10.00. The van der Waals surface area contributed by atoms with Crippen molar-refractivity contribution in [1.29, 1.82) is 0 Å². The highest BCUT2D eigenvalue weighted by atomic mass is 16.4. The number of benzene rings is 1. The van der Waals surface area contributed by atoms with E-state index in [2.05, 4.69) is 23.9 Å². The van der Waals surface area contributed by atoms with Crippen molar-refractivity contribution < 1.29 is 9.90 Å². The first kappa shape index (κ1) is 19.7. The molecule has 28 heavy (non-hydrogen) atoms. The van der Waals surface area contributed by atoms with Gasteiger partial charge >= 0.3 is 5.97 Å². The average Bonchev–Trinajstić information content (AvgIpc) is 3.08. The van der Waals surface area contributed by atoms with Crippen molar-refractivity contribution in [2.75, 3.05) is 0 Å². The van der Waals surface area contributed by atoms with Crippen molar-refractivity contribution >= 4 is 5.97 Å². The highest BCUT2D eigenvalue weighted by Crippen LogP contribution is 2.24. The van der Waals surface area contributed by atoms with Gasteiger partial charge in [0.1, 0.15) is 5.82 Å². The van der Waals surface area contributed by atoms with Crippen LogP contribution in [0.25, 0.3) is 11.1 Å². The fourth-order valence-corrected chi connectivity index (χ4v) is 3.17. The predicted molar refractivity (Wildman–Crippen MR) is 108 cm³/mol. The number of carboxylic acid groups (broad SMARTS) is 1. The largest absolute Gasteiger partial charge is 0.478 e. The molecule has 0 saturated carbocycles. The van der Waals surface area contributed by atoms with Crippen LogP contribution in [0.3, 0.4) is 0 Å². The highest BCUT2D eigenvalue weighted by Gasteiger charge is 2.13. The van der Waals surface area contributed by atoms with Crippen LogP contribution in [0.15, 0.2) is 42.7 Å². The molecule has 0 radical (unpaired) electrons. The molecular weight excluding hydrogens is 352 g/mol. The Hall–Kier alpha value is -3.02. The minimum Gasteiger partial charge on any atom is -0.478 e. The first-order valence-corrected chi connectivity index (χ1v) is 9.81. The molecule has 0 amide bonds. The van der Waals surface area contributed by atoms with Crippen LogP contribution < -0.4 is 0 Å². The molecule has 0 atom stereocenters. The zero-order chi connectivity index (χ0) is 19.9. The molecule has 0 aliphatic carbocycles. The number of aromatic carboxylic acids is 1. The molecule has 0 spiro atoms. The second kappa shape index (κ2) is 9.26. The average molecular weight is 378 g/mol. The zero-order valence-electron chi connectivity index (χ0n) is 16.4. The lowest BCUT2D eigenvalue weighted by Crippen LogP contribution is -2.06. The third kappa shape index (κ3) is 4.63. The third-order valence-corrected chi connectivity index (χ3v) is 4.67. The first-order valence-electron chi connectivity index (χ1n) is 9.81. The Morgan fingerprint density at radius 3 is 2.57 bits per heavy atom. The summed E-state index contributed by atoms with van der Waals surface area (Å²) in [7, 11) is 0. The zero-order valence-corrected chi connectivity index (χ0v) is 16.4. The smallest absolute Gasteiger partial charge is 0.337 e. The summed E-state index contributed by atoms with van der Waals surface area (Å²) in [5.74, 6) is 0.924. The molecule has 0 aliphatic heterocycles. The maximum atomic E-state index is 11.4. The summed E-state index contributed by atoms with van der Waals surface area (Å²) in [4.78, 5) is 20.1. The fraction of sp³-hybridized carbons (Fsp3) is 0.364. The molecule has 2 aromatic heterocycles. The molecule has 0 aliphatic rings.